The number of hydrogen-bond donors (Lipinski definition) is 4. The summed E-state index contributed by atoms with van der Waals surface area (Å²) < 4.78 is 63.0. The van der Waals surface area contributed by atoms with E-state index in [9.17, 15) is 24.5 Å². The molecule has 26 heteroatoms. The summed E-state index contributed by atoms with van der Waals surface area (Å²) in [7, 11) is 1.34. The summed E-state index contributed by atoms with van der Waals surface area (Å²) in [6.07, 6.45) is -2.48. The van der Waals surface area contributed by atoms with Crippen molar-refractivity contribution in [1.29, 1.82) is 5.26 Å². The van der Waals surface area contributed by atoms with Crippen molar-refractivity contribution in [3.8, 4) is 17.6 Å². The van der Waals surface area contributed by atoms with Gasteiger partial charge in [-0.15, -0.1) is 0 Å². The molecule has 2 aliphatic heterocycles. The molecule has 4 N–H and O–H groups in total. The fraction of sp³-hybridized carbons (Fsp3) is 0.417. The summed E-state index contributed by atoms with van der Waals surface area (Å²) in [6.45, 7) is 7.12. The maximum atomic E-state index is 14.0. The van der Waals surface area contributed by atoms with Gasteiger partial charge in [0, 0.05) is 43.6 Å². The Morgan fingerprint density at radius 1 is 0.837 bits per heavy atom. The van der Waals surface area contributed by atoms with Crippen molar-refractivity contribution in [1.82, 2.24) is 33.7 Å². The van der Waals surface area contributed by atoms with Gasteiger partial charge in [0.25, 0.3) is 14.1 Å². The van der Waals surface area contributed by atoms with E-state index in [2.05, 4.69) is 41.3 Å². The number of carbonyl (C=O) groups is 1. The van der Waals surface area contributed by atoms with Crippen LogP contribution in [0, 0.1) is 17.2 Å². The molecule has 2 saturated heterocycles. The number of ether oxygens (including phenoxy) is 5. The van der Waals surface area contributed by atoms with Gasteiger partial charge in [0.2, 0.25) is 11.9 Å². The number of benzene rings is 4. The molecule has 7 aromatic rings. The van der Waals surface area contributed by atoms with Crippen LogP contribution in [0.3, 0.4) is 0 Å². The molecule has 0 aliphatic carbocycles. The average molecular weight is 1240 g/mol. The second-order valence-electron chi connectivity index (χ2n) is 21.4. The first-order valence-electron chi connectivity index (χ1n) is 28.2. The van der Waals surface area contributed by atoms with Crippen LogP contribution in [0.25, 0.3) is 11.2 Å². The molecule has 0 spiro atoms. The summed E-state index contributed by atoms with van der Waals surface area (Å²) in [5.74, 6) is 0.789. The summed E-state index contributed by atoms with van der Waals surface area (Å²) in [5.41, 5.74) is 0.903. The second kappa shape index (κ2) is 28.8. The second-order valence-corrected chi connectivity index (χ2v) is 25.6. The largest absolute Gasteiger partial charge is 0.497 e. The van der Waals surface area contributed by atoms with E-state index in [4.69, 9.17) is 53.6 Å². The van der Waals surface area contributed by atoms with Crippen LogP contribution in [0.15, 0.2) is 137 Å². The molecule has 0 bridgehead atoms. The van der Waals surface area contributed by atoms with E-state index in [1.807, 2.05) is 137 Å². The van der Waals surface area contributed by atoms with Crippen LogP contribution in [0.1, 0.15) is 95.5 Å². The zero-order valence-corrected chi connectivity index (χ0v) is 51.7. The van der Waals surface area contributed by atoms with Crippen molar-refractivity contribution in [2.45, 2.75) is 122 Å². The summed E-state index contributed by atoms with van der Waals surface area (Å²) >= 11 is 5.89. The Bertz CT molecular complexity index is 3540. The highest BCUT2D eigenvalue weighted by Gasteiger charge is 2.47. The van der Waals surface area contributed by atoms with E-state index in [0.717, 1.165) is 22.3 Å². The van der Waals surface area contributed by atoms with Crippen LogP contribution in [0.4, 0.5) is 11.8 Å². The molecule has 2 aliphatic rings. The number of nitrogens with one attached hydrogen (secondary N) is 3. The maximum absolute atomic E-state index is 14.0. The molecule has 456 valence electrons. The van der Waals surface area contributed by atoms with Crippen molar-refractivity contribution in [2.24, 2.45) is 5.92 Å². The van der Waals surface area contributed by atoms with Crippen LogP contribution < -0.4 is 31.4 Å². The Balaban J connectivity index is 1.04. The fourth-order valence-corrected chi connectivity index (χ4v) is 13.5. The number of nitrogens with zero attached hydrogens (tertiary/aromatic N) is 7. The predicted molar refractivity (Wildman–Crippen MR) is 327 cm³/mol. The normalized spacial score (nSPS) is 19.9. The van der Waals surface area contributed by atoms with Crippen molar-refractivity contribution in [3.05, 3.63) is 171 Å². The number of carbonyl (C=O) groups excluding carboxylic acids is 1. The first-order valence-corrected chi connectivity index (χ1v) is 32.0. The van der Waals surface area contributed by atoms with Gasteiger partial charge in [-0.2, -0.15) is 15.2 Å². The van der Waals surface area contributed by atoms with E-state index >= 15 is 0 Å². The number of H-pyrrole nitrogens is 1. The smallest absolute Gasteiger partial charge is 0.351 e. The molecule has 5 heterocycles. The van der Waals surface area contributed by atoms with Crippen LogP contribution in [0.5, 0.6) is 11.5 Å². The number of amides is 1. The van der Waals surface area contributed by atoms with Gasteiger partial charge in [0.15, 0.2) is 11.2 Å². The number of methoxy groups -OCH3 is 2. The average Bonchev–Trinajstić information content (AvgIpc) is 1.27. The number of nitriles is 1. The molecule has 8 atom stereocenters. The van der Waals surface area contributed by atoms with Gasteiger partial charge in [0.05, 0.1) is 65.1 Å². The summed E-state index contributed by atoms with van der Waals surface area (Å²) in [6, 6.07) is 38.2. The molecular weight excluding hydrogens is 1160 g/mol. The quantitative estimate of drug-likeness (QED) is 0.0202. The van der Waals surface area contributed by atoms with E-state index in [0.29, 0.717) is 23.9 Å². The van der Waals surface area contributed by atoms with E-state index in [-0.39, 0.29) is 74.2 Å². The Labute approximate surface area is 505 Å². The molecule has 2 unspecified atom stereocenters. The Hall–Kier alpha value is -6.81. The number of rotatable bonds is 28. The number of aromatic amines is 1. The number of aromatic nitrogens is 6. The van der Waals surface area contributed by atoms with Gasteiger partial charge >= 0.3 is 12.4 Å². The molecule has 86 heavy (non-hydrogen) atoms. The Kier molecular flexibility index (Phi) is 21.3. The van der Waals surface area contributed by atoms with Gasteiger partial charge < -0.3 is 52.0 Å². The molecule has 23 nitrogen and oxygen atoms in total. The van der Waals surface area contributed by atoms with Gasteiger partial charge in [-0.25, -0.2) is 14.4 Å². The molecule has 3 aromatic heterocycles. The van der Waals surface area contributed by atoms with Gasteiger partial charge in [-0.1, -0.05) is 98.8 Å². The van der Waals surface area contributed by atoms with Crippen LogP contribution >= 0.6 is 15.2 Å². The fourth-order valence-electron chi connectivity index (χ4n) is 10.3. The third-order valence-corrected chi connectivity index (χ3v) is 18.3. The third kappa shape index (κ3) is 15.1. The van der Waals surface area contributed by atoms with Crippen molar-refractivity contribution >= 4 is 55.9 Å². The minimum absolute atomic E-state index is 0.00112. The van der Waals surface area contributed by atoms with Crippen molar-refractivity contribution in [3.63, 3.8) is 0 Å². The van der Waals surface area contributed by atoms with E-state index in [1.54, 1.807) is 44.9 Å². The zero-order valence-electron chi connectivity index (χ0n) is 49.0. The third-order valence-electron chi connectivity index (χ3n) is 14.5. The molecule has 9 rings (SSSR count). The molecule has 0 radical (unpaired) electrons. The minimum atomic E-state index is -4.32. The topological polar surface area (TPSA) is 270 Å². The van der Waals surface area contributed by atoms with Crippen molar-refractivity contribution < 1.29 is 51.5 Å². The van der Waals surface area contributed by atoms with E-state index < -0.39 is 74.9 Å². The van der Waals surface area contributed by atoms with Crippen molar-refractivity contribution in [2.75, 3.05) is 44.7 Å². The Morgan fingerprint density at radius 3 is 2.02 bits per heavy atom. The molecular formula is C60H72N10O13P2S. The zero-order chi connectivity index (χ0) is 61.1. The molecule has 2 fully saturated rings. The van der Waals surface area contributed by atoms with Gasteiger partial charge in [-0.3, -0.25) is 29.0 Å². The number of anilines is 2. The minimum Gasteiger partial charge on any atom is -0.497 e. The lowest BCUT2D eigenvalue weighted by molar-refractivity contribution is -0.118. The number of hydrogen-bond acceptors (Lipinski definition) is 19. The number of imidazole rings is 1. The highest BCUT2D eigenvalue weighted by molar-refractivity contribution is 8.07. The molecule has 4 aromatic carbocycles. The lowest BCUT2D eigenvalue weighted by atomic mass is 9.80. The number of fused-ring (bicyclic) bond motifs is 1. The lowest BCUT2D eigenvalue weighted by Gasteiger charge is -2.37. The Morgan fingerprint density at radius 2 is 1.43 bits per heavy atom. The van der Waals surface area contributed by atoms with Crippen LogP contribution in [-0.4, -0.2) is 115 Å². The van der Waals surface area contributed by atoms with Gasteiger partial charge in [-0.05, 0) is 92.1 Å². The molecule has 1 amide bonds. The summed E-state index contributed by atoms with van der Waals surface area (Å²) in [5, 5.41) is 15.4. The standard InChI is InChI=1S/C60H72N10O13P2S/c1-38(2)56(71)66-58-65-55-54(57(72)67-58)63-37-69(55)53-32-47(82-84(78-31-15-29-61)70(39(3)4)40(5)6)50(81-53)36-79-85(74,86)83-48-33-52(68-30-28-51(64-59(68)73)62-34-41-16-11-9-12-17-41)80-49(48)35-77-60(42-18-13-10-14-19-42,43-20-24-45(75-7)25-21-43)44-22-26-46(76-8)27-23-44/h9-14,16-28,30,37-40,47-50,52-53H,15,31-36H2,1-8H3,(H,74,86)(H,62,64,73)(H2,65,66,67,71,72)/t47-,48-,49+,50+,52+,53+,84?,85?/m0/s1. The van der Waals surface area contributed by atoms with Gasteiger partial charge in [0.1, 0.15) is 47.6 Å². The van der Waals surface area contributed by atoms with Crippen LogP contribution in [-0.2, 0) is 61.1 Å². The highest BCUT2D eigenvalue weighted by atomic mass is 32.5. The monoisotopic (exact) mass is 1230 g/mol. The maximum Gasteiger partial charge on any atom is 0.351 e. The first kappa shape index (κ1) is 63.7. The lowest BCUT2D eigenvalue weighted by Crippen LogP contribution is -2.38. The SMILES string of the molecule is COc1ccc(C(OC[C@H]2O[C@@H](n3ccc(NCc4ccccc4)nc3=O)C[C@@H]2OP(O)(=S)OC[C@H]2O[C@@H](n3cnc4c(=O)[nH]c(NC(=O)C(C)C)nc43)C[C@@H]2OP(OCCC#N)N(C(C)C)C(C)C)(c2ccccc2)c2ccc(OC)cc2)cc1. The van der Waals surface area contributed by atoms with E-state index in [1.165, 1.54) is 10.9 Å². The predicted octanol–water partition coefficient (Wildman–Crippen LogP) is 9.46. The van der Waals surface area contributed by atoms with Crippen LogP contribution in [0.2, 0.25) is 0 Å². The summed E-state index contributed by atoms with van der Waals surface area (Å²) in [4.78, 5) is 68.3. The molecule has 0 saturated carbocycles. The highest BCUT2D eigenvalue weighted by Crippen LogP contribution is 2.53. The first-order chi connectivity index (χ1) is 41.4.